The van der Waals surface area contributed by atoms with Gasteiger partial charge in [0.2, 0.25) is 17.7 Å². The largest absolute Gasteiger partial charge is 0.323 e. The summed E-state index contributed by atoms with van der Waals surface area (Å²) in [7, 11) is 0. The van der Waals surface area contributed by atoms with Crippen molar-refractivity contribution in [2.75, 3.05) is 5.32 Å². The number of rotatable bonds is 3. The van der Waals surface area contributed by atoms with Crippen LogP contribution in [0, 0.1) is 35.5 Å². The van der Waals surface area contributed by atoms with Crippen LogP contribution in [0.2, 0.25) is 10.0 Å². The number of benzene rings is 1. The molecule has 2 bridgehead atoms. The molecule has 1 heterocycles. The summed E-state index contributed by atoms with van der Waals surface area (Å²) in [5.41, 5.74) is 0.362. The SMILES string of the molecule is C[C@@H](C(=O)Nc1cc(Cl)ccc1Cl)N1C(=O)[C@H]2[C@@H]3C=C[C@H]([C@H]4C[C@H]34)[C@@H]2C1=O. The van der Waals surface area contributed by atoms with Crippen LogP contribution in [0.4, 0.5) is 5.69 Å². The number of allylic oxidation sites excluding steroid dienone is 2. The number of nitrogens with zero attached hydrogens (tertiary/aromatic N) is 1. The summed E-state index contributed by atoms with van der Waals surface area (Å²) in [6.45, 7) is 1.58. The van der Waals surface area contributed by atoms with E-state index in [9.17, 15) is 14.4 Å². The molecule has 0 aromatic heterocycles. The predicted octanol–water partition coefficient (Wildman–Crippen LogP) is 3.37. The predicted molar refractivity (Wildman–Crippen MR) is 101 cm³/mol. The van der Waals surface area contributed by atoms with Crippen molar-refractivity contribution in [3.63, 3.8) is 0 Å². The van der Waals surface area contributed by atoms with Crippen LogP contribution in [-0.4, -0.2) is 28.7 Å². The molecule has 27 heavy (non-hydrogen) atoms. The maximum absolute atomic E-state index is 13.1. The number of anilines is 1. The Morgan fingerprint density at radius 1 is 1.11 bits per heavy atom. The zero-order chi connectivity index (χ0) is 19.0. The van der Waals surface area contributed by atoms with Gasteiger partial charge in [-0.1, -0.05) is 35.4 Å². The van der Waals surface area contributed by atoms with Gasteiger partial charge in [-0.05, 0) is 55.2 Å². The molecule has 7 atom stereocenters. The van der Waals surface area contributed by atoms with Gasteiger partial charge in [-0.25, -0.2) is 0 Å². The Hall–Kier alpha value is -1.85. The van der Waals surface area contributed by atoms with Gasteiger partial charge in [0.15, 0.2) is 0 Å². The van der Waals surface area contributed by atoms with Gasteiger partial charge in [0.05, 0.1) is 22.5 Å². The van der Waals surface area contributed by atoms with E-state index < -0.39 is 11.9 Å². The van der Waals surface area contributed by atoms with Crippen molar-refractivity contribution in [3.05, 3.63) is 40.4 Å². The highest BCUT2D eigenvalue weighted by Crippen LogP contribution is 2.65. The highest BCUT2D eigenvalue weighted by molar-refractivity contribution is 6.35. The number of carbonyl (C=O) groups is 3. The molecule has 2 saturated carbocycles. The molecular weight excluding hydrogens is 387 g/mol. The monoisotopic (exact) mass is 404 g/mol. The fourth-order valence-corrected chi connectivity index (χ4v) is 5.65. The molecule has 1 aromatic carbocycles. The van der Waals surface area contributed by atoms with E-state index in [1.54, 1.807) is 25.1 Å². The maximum atomic E-state index is 13.1. The summed E-state index contributed by atoms with van der Waals surface area (Å²) in [6, 6.07) is 3.84. The van der Waals surface area contributed by atoms with Crippen LogP contribution in [0.15, 0.2) is 30.4 Å². The number of hydrogen-bond acceptors (Lipinski definition) is 3. The third-order valence-electron chi connectivity index (χ3n) is 6.65. The third-order valence-corrected chi connectivity index (χ3v) is 7.21. The first kappa shape index (κ1) is 17.3. The average Bonchev–Trinajstić information content (AvgIpc) is 3.42. The summed E-state index contributed by atoms with van der Waals surface area (Å²) in [6.07, 6.45) is 5.34. The van der Waals surface area contributed by atoms with E-state index in [4.69, 9.17) is 23.2 Å². The topological polar surface area (TPSA) is 66.5 Å². The zero-order valence-electron chi connectivity index (χ0n) is 14.6. The Labute approximate surface area is 166 Å². The minimum atomic E-state index is -0.902. The van der Waals surface area contributed by atoms with E-state index >= 15 is 0 Å². The lowest BCUT2D eigenvalue weighted by Crippen LogP contribution is -2.46. The van der Waals surface area contributed by atoms with Gasteiger partial charge in [0.1, 0.15) is 6.04 Å². The summed E-state index contributed by atoms with van der Waals surface area (Å²) >= 11 is 12.1. The van der Waals surface area contributed by atoms with Crippen molar-refractivity contribution >= 4 is 46.6 Å². The van der Waals surface area contributed by atoms with Crippen LogP contribution >= 0.6 is 23.2 Å². The molecule has 3 fully saturated rings. The lowest BCUT2D eigenvalue weighted by Gasteiger charge is -2.37. The summed E-state index contributed by atoms with van der Waals surface area (Å²) in [5.74, 6) is -0.135. The minimum absolute atomic E-state index is 0.143. The number of carbonyl (C=O) groups excluding carboxylic acids is 3. The molecule has 6 rings (SSSR count). The molecule has 140 valence electrons. The minimum Gasteiger partial charge on any atom is -0.323 e. The van der Waals surface area contributed by atoms with Gasteiger partial charge in [0.25, 0.3) is 0 Å². The molecule has 0 radical (unpaired) electrons. The third kappa shape index (κ3) is 2.41. The van der Waals surface area contributed by atoms with Crippen LogP contribution in [0.25, 0.3) is 0 Å². The molecular formula is C20H18Cl2N2O3. The lowest BCUT2D eigenvalue weighted by atomic mass is 9.63. The van der Waals surface area contributed by atoms with E-state index in [0.29, 0.717) is 27.6 Å². The molecule has 1 N–H and O–H groups in total. The summed E-state index contributed by atoms with van der Waals surface area (Å²) in [4.78, 5) is 40.0. The fraction of sp³-hybridized carbons (Fsp3) is 0.450. The molecule has 4 aliphatic carbocycles. The lowest BCUT2D eigenvalue weighted by molar-refractivity contribution is -0.146. The molecule has 1 aliphatic heterocycles. The Kier molecular flexibility index (Phi) is 3.72. The Balaban J connectivity index is 1.39. The first-order chi connectivity index (χ1) is 12.9. The first-order valence-electron chi connectivity index (χ1n) is 9.19. The number of imide groups is 1. The van der Waals surface area contributed by atoms with Crippen molar-refractivity contribution in [2.45, 2.75) is 19.4 Å². The van der Waals surface area contributed by atoms with Crippen molar-refractivity contribution in [2.24, 2.45) is 35.5 Å². The van der Waals surface area contributed by atoms with E-state index in [1.807, 2.05) is 0 Å². The standard InChI is InChI=1S/C20H18Cl2N2O3/c1-8(18(25)23-15-6-9(21)2-5-14(15)22)24-19(26)16-10-3-4-11(13-7-12(10)13)17(16)20(24)27/h2-6,8,10-13,16-17H,7H2,1H3,(H,23,25)/t8-,10+,11+,12+,13+,16-,17-/m0/s1. The fourth-order valence-electron chi connectivity index (χ4n) is 5.31. The highest BCUT2D eigenvalue weighted by Gasteiger charge is 2.67. The maximum Gasteiger partial charge on any atom is 0.247 e. The number of amides is 3. The van der Waals surface area contributed by atoms with Crippen LogP contribution in [0.1, 0.15) is 13.3 Å². The number of halogens is 2. The van der Waals surface area contributed by atoms with Gasteiger partial charge in [-0.15, -0.1) is 0 Å². The van der Waals surface area contributed by atoms with Crippen molar-refractivity contribution < 1.29 is 14.4 Å². The van der Waals surface area contributed by atoms with Gasteiger partial charge >= 0.3 is 0 Å². The van der Waals surface area contributed by atoms with Gasteiger partial charge in [0, 0.05) is 5.02 Å². The number of hydrogen-bond donors (Lipinski definition) is 1. The van der Waals surface area contributed by atoms with Crippen LogP contribution in [0.5, 0.6) is 0 Å². The molecule has 1 saturated heterocycles. The van der Waals surface area contributed by atoms with E-state index in [0.717, 1.165) is 6.42 Å². The molecule has 0 unspecified atom stereocenters. The van der Waals surface area contributed by atoms with Crippen LogP contribution in [-0.2, 0) is 14.4 Å². The normalized spacial score (nSPS) is 36.5. The van der Waals surface area contributed by atoms with E-state index in [-0.39, 0.29) is 35.5 Å². The van der Waals surface area contributed by atoms with Crippen molar-refractivity contribution in [1.29, 1.82) is 0 Å². The van der Waals surface area contributed by atoms with E-state index in [2.05, 4.69) is 17.5 Å². The molecule has 0 spiro atoms. The second kappa shape index (κ2) is 5.82. The molecule has 5 aliphatic rings. The molecule has 7 heteroatoms. The number of likely N-dealkylation sites (tertiary alicyclic amines) is 1. The van der Waals surface area contributed by atoms with Crippen molar-refractivity contribution in [3.8, 4) is 0 Å². The smallest absolute Gasteiger partial charge is 0.247 e. The Morgan fingerprint density at radius 3 is 2.30 bits per heavy atom. The quantitative estimate of drug-likeness (QED) is 0.620. The second-order valence-electron chi connectivity index (χ2n) is 7.99. The summed E-state index contributed by atoms with van der Waals surface area (Å²) in [5, 5.41) is 3.47. The van der Waals surface area contributed by atoms with Gasteiger partial charge in [-0.2, -0.15) is 0 Å². The molecule has 5 nitrogen and oxygen atoms in total. The first-order valence-corrected chi connectivity index (χ1v) is 9.95. The highest BCUT2D eigenvalue weighted by atomic mass is 35.5. The van der Waals surface area contributed by atoms with Crippen molar-refractivity contribution in [1.82, 2.24) is 4.90 Å². The zero-order valence-corrected chi connectivity index (χ0v) is 16.1. The number of nitrogens with one attached hydrogen (secondary N) is 1. The van der Waals surface area contributed by atoms with Gasteiger partial charge in [-0.3, -0.25) is 19.3 Å². The van der Waals surface area contributed by atoms with Crippen LogP contribution in [0.3, 0.4) is 0 Å². The molecule has 3 amide bonds. The van der Waals surface area contributed by atoms with E-state index in [1.165, 1.54) is 4.90 Å². The second-order valence-corrected chi connectivity index (χ2v) is 8.83. The molecule has 1 aromatic rings. The van der Waals surface area contributed by atoms with Gasteiger partial charge < -0.3 is 5.32 Å². The average molecular weight is 405 g/mol. The summed E-state index contributed by atoms with van der Waals surface area (Å²) < 4.78 is 0. The Bertz CT molecular complexity index is 878. The van der Waals surface area contributed by atoms with Crippen LogP contribution < -0.4 is 5.32 Å². The Morgan fingerprint density at radius 2 is 1.70 bits per heavy atom.